The largest absolute Gasteiger partial charge is 0.443 e. The minimum absolute atomic E-state index is 0. The molecule has 150 valence electrons. The molecule has 0 unspecified atom stereocenters. The fraction of sp³-hybridized carbons (Fsp3) is 0.526. The van der Waals surface area contributed by atoms with Gasteiger partial charge in [0.1, 0.15) is 11.6 Å². The average molecular weight is 486 g/mol. The minimum Gasteiger partial charge on any atom is -0.443 e. The molecule has 0 amide bonds. The monoisotopic (exact) mass is 486 g/mol. The summed E-state index contributed by atoms with van der Waals surface area (Å²) in [6, 6.07) is 5.95. The third kappa shape index (κ3) is 7.36. The SMILES string of the molecule is CCNC(=NCc1cccc(N(C)C)n1)NCc1ncc(C(C)(C)C)o1.I. The van der Waals surface area contributed by atoms with Gasteiger partial charge < -0.3 is 20.0 Å². The molecule has 2 aromatic rings. The van der Waals surface area contributed by atoms with Gasteiger partial charge in [-0.3, -0.25) is 0 Å². The van der Waals surface area contributed by atoms with Crippen LogP contribution in [0, 0.1) is 0 Å². The van der Waals surface area contributed by atoms with Gasteiger partial charge in [0.15, 0.2) is 5.96 Å². The lowest BCUT2D eigenvalue weighted by Crippen LogP contribution is -2.36. The number of hydrogen-bond donors (Lipinski definition) is 2. The smallest absolute Gasteiger partial charge is 0.213 e. The molecule has 0 aromatic carbocycles. The maximum absolute atomic E-state index is 5.81. The lowest BCUT2D eigenvalue weighted by molar-refractivity contribution is 0.379. The lowest BCUT2D eigenvalue weighted by atomic mass is 9.94. The molecule has 0 radical (unpaired) electrons. The highest BCUT2D eigenvalue weighted by Gasteiger charge is 2.19. The molecule has 27 heavy (non-hydrogen) atoms. The molecule has 0 saturated carbocycles. The number of halogens is 1. The van der Waals surface area contributed by atoms with Gasteiger partial charge in [0.25, 0.3) is 0 Å². The lowest BCUT2D eigenvalue weighted by Gasteiger charge is -2.13. The van der Waals surface area contributed by atoms with Crippen molar-refractivity contribution in [2.45, 2.75) is 46.2 Å². The summed E-state index contributed by atoms with van der Waals surface area (Å²) in [6.07, 6.45) is 1.79. The van der Waals surface area contributed by atoms with E-state index >= 15 is 0 Å². The van der Waals surface area contributed by atoms with E-state index in [1.54, 1.807) is 6.20 Å². The van der Waals surface area contributed by atoms with Gasteiger partial charge in [-0.1, -0.05) is 26.8 Å². The van der Waals surface area contributed by atoms with E-state index in [2.05, 4.69) is 46.4 Å². The Hall–Kier alpha value is -1.84. The normalized spacial score (nSPS) is 11.7. The minimum atomic E-state index is -0.0486. The third-order valence-corrected chi connectivity index (χ3v) is 3.69. The average Bonchev–Trinajstić information content (AvgIpc) is 3.07. The van der Waals surface area contributed by atoms with E-state index < -0.39 is 0 Å². The predicted octanol–water partition coefficient (Wildman–Crippen LogP) is 3.31. The molecule has 0 fully saturated rings. The van der Waals surface area contributed by atoms with Crippen LogP contribution in [0.25, 0.3) is 0 Å². The van der Waals surface area contributed by atoms with E-state index in [1.807, 2.05) is 44.1 Å². The van der Waals surface area contributed by atoms with Crippen molar-refractivity contribution in [1.29, 1.82) is 0 Å². The number of nitrogens with one attached hydrogen (secondary N) is 2. The first-order valence-electron chi connectivity index (χ1n) is 8.90. The Balaban J connectivity index is 0.00000364. The number of oxazole rings is 1. The molecule has 0 spiro atoms. The summed E-state index contributed by atoms with van der Waals surface area (Å²) < 4.78 is 5.81. The number of aromatic nitrogens is 2. The Morgan fingerprint density at radius 3 is 2.56 bits per heavy atom. The quantitative estimate of drug-likeness (QED) is 0.371. The van der Waals surface area contributed by atoms with Gasteiger partial charge in [-0.2, -0.15) is 0 Å². The Bertz CT molecular complexity index is 736. The second-order valence-electron chi connectivity index (χ2n) is 7.30. The first-order chi connectivity index (χ1) is 12.3. The maximum atomic E-state index is 5.81. The molecule has 0 atom stereocenters. The van der Waals surface area contributed by atoms with E-state index in [1.165, 1.54) is 0 Å². The van der Waals surface area contributed by atoms with Crippen LogP contribution in [0.1, 0.15) is 45.0 Å². The molecule has 0 saturated heterocycles. The summed E-state index contributed by atoms with van der Waals surface area (Å²) >= 11 is 0. The molecular weight excluding hydrogens is 455 g/mol. The van der Waals surface area contributed by atoms with Gasteiger partial charge in [-0.05, 0) is 19.1 Å². The number of rotatable bonds is 6. The highest BCUT2D eigenvalue weighted by Crippen LogP contribution is 2.22. The first-order valence-corrected chi connectivity index (χ1v) is 8.90. The van der Waals surface area contributed by atoms with Gasteiger partial charge >= 0.3 is 0 Å². The van der Waals surface area contributed by atoms with E-state index in [0.29, 0.717) is 24.9 Å². The van der Waals surface area contributed by atoms with E-state index in [4.69, 9.17) is 4.42 Å². The van der Waals surface area contributed by atoms with Crippen LogP contribution in [-0.4, -0.2) is 36.6 Å². The number of guanidine groups is 1. The maximum Gasteiger partial charge on any atom is 0.213 e. The van der Waals surface area contributed by atoms with Crippen molar-refractivity contribution in [2.24, 2.45) is 4.99 Å². The Labute approximate surface area is 179 Å². The van der Waals surface area contributed by atoms with Crippen LogP contribution in [0.3, 0.4) is 0 Å². The molecule has 0 aliphatic rings. The second-order valence-corrected chi connectivity index (χ2v) is 7.30. The summed E-state index contributed by atoms with van der Waals surface area (Å²) in [6.45, 7) is 10.1. The fourth-order valence-corrected chi connectivity index (χ4v) is 2.20. The number of hydrogen-bond acceptors (Lipinski definition) is 5. The zero-order chi connectivity index (χ0) is 19.2. The van der Waals surface area contributed by atoms with Crippen LogP contribution in [0.15, 0.2) is 33.8 Å². The van der Waals surface area contributed by atoms with E-state index in [9.17, 15) is 0 Å². The number of nitrogens with zero attached hydrogens (tertiary/aromatic N) is 4. The fourth-order valence-electron chi connectivity index (χ4n) is 2.20. The summed E-state index contributed by atoms with van der Waals surface area (Å²) in [7, 11) is 3.95. The van der Waals surface area contributed by atoms with Gasteiger partial charge in [-0.15, -0.1) is 24.0 Å². The molecule has 8 heteroatoms. The van der Waals surface area contributed by atoms with Crippen molar-refractivity contribution in [2.75, 3.05) is 25.5 Å². The molecule has 0 bridgehead atoms. The van der Waals surface area contributed by atoms with Crippen molar-refractivity contribution in [1.82, 2.24) is 20.6 Å². The Morgan fingerprint density at radius 1 is 1.22 bits per heavy atom. The Kier molecular flexibility index (Phi) is 9.01. The third-order valence-electron chi connectivity index (χ3n) is 3.69. The molecule has 0 aliphatic carbocycles. The number of aliphatic imine (C=N–C) groups is 1. The highest BCUT2D eigenvalue weighted by atomic mass is 127. The van der Waals surface area contributed by atoms with Gasteiger partial charge in [0, 0.05) is 26.1 Å². The van der Waals surface area contributed by atoms with Crippen molar-refractivity contribution < 1.29 is 4.42 Å². The zero-order valence-corrected chi connectivity index (χ0v) is 19.4. The summed E-state index contributed by atoms with van der Waals surface area (Å²) in [5.74, 6) is 3.15. The predicted molar refractivity (Wildman–Crippen MR) is 121 cm³/mol. The number of anilines is 1. The van der Waals surface area contributed by atoms with Gasteiger partial charge in [-0.25, -0.2) is 15.0 Å². The van der Waals surface area contributed by atoms with Crippen LogP contribution in [0.2, 0.25) is 0 Å². The van der Waals surface area contributed by atoms with Crippen LogP contribution in [0.5, 0.6) is 0 Å². The highest BCUT2D eigenvalue weighted by molar-refractivity contribution is 14.0. The van der Waals surface area contributed by atoms with Crippen LogP contribution >= 0.6 is 24.0 Å². The molecule has 7 nitrogen and oxygen atoms in total. The van der Waals surface area contributed by atoms with Gasteiger partial charge in [0.2, 0.25) is 5.89 Å². The molecule has 2 aromatic heterocycles. The van der Waals surface area contributed by atoms with Crippen molar-refractivity contribution in [3.63, 3.8) is 0 Å². The van der Waals surface area contributed by atoms with E-state index in [0.717, 1.165) is 23.8 Å². The molecule has 2 rings (SSSR count). The summed E-state index contributed by atoms with van der Waals surface area (Å²) in [5, 5.41) is 6.48. The second kappa shape index (κ2) is 10.5. The summed E-state index contributed by atoms with van der Waals surface area (Å²) in [4.78, 5) is 15.5. The van der Waals surface area contributed by atoms with Crippen LogP contribution in [0.4, 0.5) is 5.82 Å². The molecule has 2 N–H and O–H groups in total. The van der Waals surface area contributed by atoms with Crippen LogP contribution < -0.4 is 15.5 Å². The van der Waals surface area contributed by atoms with Crippen molar-refractivity contribution >= 4 is 35.8 Å². The topological polar surface area (TPSA) is 78.6 Å². The number of pyridine rings is 1. The van der Waals surface area contributed by atoms with E-state index in [-0.39, 0.29) is 29.4 Å². The van der Waals surface area contributed by atoms with Gasteiger partial charge in [0.05, 0.1) is 25.0 Å². The summed E-state index contributed by atoms with van der Waals surface area (Å²) in [5.41, 5.74) is 0.868. The van der Waals surface area contributed by atoms with Crippen molar-refractivity contribution in [3.05, 3.63) is 41.7 Å². The zero-order valence-electron chi connectivity index (χ0n) is 17.0. The first kappa shape index (κ1) is 23.2. The molecule has 0 aliphatic heterocycles. The van der Waals surface area contributed by atoms with Crippen molar-refractivity contribution in [3.8, 4) is 0 Å². The van der Waals surface area contributed by atoms with Crippen LogP contribution in [-0.2, 0) is 18.5 Å². The Morgan fingerprint density at radius 2 is 1.96 bits per heavy atom. The molecular formula is C19H31IN6O. The molecule has 2 heterocycles. The standard InChI is InChI=1S/C19H30N6O.HI/c1-7-20-18(22-11-14-9-8-10-16(24-14)25(5)6)23-13-17-21-12-15(26-17)19(2,3)4;/h8-10,12H,7,11,13H2,1-6H3,(H2,20,22,23);1H.